The molecule has 11 atom stereocenters. The van der Waals surface area contributed by atoms with Crippen LogP contribution in [0.4, 0.5) is 0 Å². The summed E-state index contributed by atoms with van der Waals surface area (Å²) in [6, 6.07) is -0.667. The van der Waals surface area contributed by atoms with Crippen molar-refractivity contribution in [2.45, 2.75) is 153 Å². The normalized spacial score (nSPS) is 35.3. The van der Waals surface area contributed by atoms with Gasteiger partial charge in [0.15, 0.2) is 5.78 Å². The van der Waals surface area contributed by atoms with E-state index >= 15 is 0 Å². The lowest BCUT2D eigenvalue weighted by molar-refractivity contribution is -0.407. The molecule has 7 heteroatoms. The molecule has 3 saturated carbocycles. The number of aliphatic hydroxyl groups is 3. The van der Waals surface area contributed by atoms with Crippen molar-refractivity contribution >= 4 is 11.6 Å². The number of allylic oxidation sites excluding steroid dienone is 4. The van der Waals surface area contributed by atoms with Crippen LogP contribution < -0.4 is 11.5 Å². The zero-order chi connectivity index (χ0) is 31.4. The second-order valence-electron chi connectivity index (χ2n) is 14.3. The number of unbranched alkanes of at least 4 members (excludes halogenated alkanes) is 2. The molecule has 0 radical (unpaired) electrons. The summed E-state index contributed by atoms with van der Waals surface area (Å²) in [5, 5.41) is 31.5. The summed E-state index contributed by atoms with van der Waals surface area (Å²) in [5.41, 5.74) is 10.5. The summed E-state index contributed by atoms with van der Waals surface area (Å²) < 4.78 is 0. The highest BCUT2D eigenvalue weighted by Gasteiger charge is 2.34. The molecular weight excluding hydrogens is 540 g/mol. The maximum Gasteiger partial charge on any atom is 0.189 e. The lowest BCUT2D eigenvalue weighted by Gasteiger charge is -2.35. The first-order valence-electron chi connectivity index (χ1n) is 17.6. The number of hydrogen-bond donors (Lipinski definition) is 5. The number of ketones is 2. The van der Waals surface area contributed by atoms with Crippen LogP contribution in [-0.4, -0.2) is 57.3 Å². The Bertz CT molecular complexity index is 836. The molecule has 0 heterocycles. The van der Waals surface area contributed by atoms with Gasteiger partial charge in [-0.3, -0.25) is 9.59 Å². The van der Waals surface area contributed by atoms with Gasteiger partial charge < -0.3 is 26.8 Å². The number of nitrogens with two attached hydrogens (primary N) is 1. The van der Waals surface area contributed by atoms with E-state index in [1.165, 1.54) is 0 Å². The second-order valence-corrected chi connectivity index (χ2v) is 14.3. The molecule has 0 bridgehead atoms. The van der Waals surface area contributed by atoms with Gasteiger partial charge in [0.1, 0.15) is 11.8 Å². The monoisotopic (exact) mass is 603 g/mol. The Morgan fingerprint density at radius 2 is 1.19 bits per heavy atom. The summed E-state index contributed by atoms with van der Waals surface area (Å²) in [6.07, 6.45) is 21.9. The Hall–Kier alpha value is -1.38. The minimum absolute atomic E-state index is 0.137. The van der Waals surface area contributed by atoms with E-state index in [2.05, 4.69) is 43.9 Å². The first-order valence-corrected chi connectivity index (χ1v) is 17.6. The Kier molecular flexibility index (Phi) is 15.6. The number of Topliss-reactive ketones (excluding diaryl/α,β-unsaturated/α-hetero) is 2. The molecule has 0 aromatic heterocycles. The number of rotatable bonds is 16. The van der Waals surface area contributed by atoms with Crippen molar-refractivity contribution in [2.24, 2.45) is 41.2 Å². The number of quaternary nitrogens is 1. The van der Waals surface area contributed by atoms with Gasteiger partial charge in [-0.1, -0.05) is 51.0 Å². The number of hydrogen-bond acceptors (Lipinski definition) is 6. The van der Waals surface area contributed by atoms with Crippen LogP contribution in [0.25, 0.3) is 0 Å². The van der Waals surface area contributed by atoms with Gasteiger partial charge >= 0.3 is 0 Å². The zero-order valence-corrected chi connectivity index (χ0v) is 27.1. The van der Waals surface area contributed by atoms with E-state index in [9.17, 15) is 24.9 Å². The standard InChI is InChI=1S/C36H62N2O5/c1-3-5-7-35(42)33(37)22-28-20-30(39)15-13-26(28)11-9-24-17-25(19-32(41)18-24)10-12-27-14-16-31(40)21-29(27)23-34(38)36(43)8-6-4-2/h9-12,24-34,39-41H,3-8,13-23,37-38H2,1-2H3/p+1/b11-9+,12-10+. The van der Waals surface area contributed by atoms with Crippen LogP contribution in [0.2, 0.25) is 0 Å². The fourth-order valence-electron chi connectivity index (χ4n) is 7.91. The van der Waals surface area contributed by atoms with Crippen LogP contribution in [0.5, 0.6) is 0 Å². The molecular formula is C36H63N2O5+. The highest BCUT2D eigenvalue weighted by atomic mass is 16.3. The quantitative estimate of drug-likeness (QED) is 0.162. The van der Waals surface area contributed by atoms with Crippen molar-refractivity contribution in [1.82, 2.24) is 0 Å². The van der Waals surface area contributed by atoms with Gasteiger partial charge in [-0.2, -0.15) is 0 Å². The van der Waals surface area contributed by atoms with Crippen LogP contribution >= 0.6 is 0 Å². The molecule has 11 unspecified atom stereocenters. The lowest BCUT2D eigenvalue weighted by atomic mass is 9.72. The molecule has 8 N–H and O–H groups in total. The highest BCUT2D eigenvalue weighted by Crippen LogP contribution is 2.38. The van der Waals surface area contributed by atoms with Gasteiger partial charge in [0.2, 0.25) is 0 Å². The number of aliphatic hydroxyl groups excluding tert-OH is 3. The van der Waals surface area contributed by atoms with Gasteiger partial charge in [-0.25, -0.2) is 0 Å². The maximum atomic E-state index is 12.6. The van der Waals surface area contributed by atoms with Gasteiger partial charge in [0.25, 0.3) is 0 Å². The molecule has 0 amide bonds. The van der Waals surface area contributed by atoms with E-state index in [-0.39, 0.29) is 53.7 Å². The molecule has 3 fully saturated rings. The van der Waals surface area contributed by atoms with Crippen LogP contribution in [-0.2, 0) is 9.59 Å². The van der Waals surface area contributed by atoms with Crippen molar-refractivity contribution in [2.75, 3.05) is 0 Å². The van der Waals surface area contributed by atoms with E-state index in [0.717, 1.165) is 83.5 Å². The highest BCUT2D eigenvalue weighted by molar-refractivity contribution is 5.83. The average molecular weight is 604 g/mol. The van der Waals surface area contributed by atoms with E-state index in [1.54, 1.807) is 0 Å². The van der Waals surface area contributed by atoms with Crippen molar-refractivity contribution < 1.29 is 30.6 Å². The minimum atomic E-state index is -0.457. The SMILES string of the molecule is CCCCC(=O)C(N)CC1CC(O)CCC1/C=C/C1CC(O)CC(/C=C/C2CCC(O)CC2CC([NH3+])C(=O)CCCC)C1. The predicted octanol–water partition coefficient (Wildman–Crippen LogP) is 4.67. The van der Waals surface area contributed by atoms with E-state index in [1.807, 2.05) is 0 Å². The summed E-state index contributed by atoms with van der Waals surface area (Å²) in [5.74, 6) is 2.05. The Balaban J connectivity index is 1.59. The fourth-order valence-corrected chi connectivity index (χ4v) is 7.91. The van der Waals surface area contributed by atoms with Gasteiger partial charge in [-0.15, -0.1) is 0 Å². The Morgan fingerprint density at radius 1 is 0.698 bits per heavy atom. The summed E-state index contributed by atoms with van der Waals surface area (Å²) in [6.45, 7) is 4.18. The van der Waals surface area contributed by atoms with Crippen molar-refractivity contribution in [1.29, 1.82) is 0 Å². The van der Waals surface area contributed by atoms with E-state index < -0.39 is 6.04 Å². The number of carbonyl (C=O) groups is 2. The number of carbonyl (C=O) groups excluding carboxylic acids is 2. The first kappa shape index (κ1) is 36.1. The second kappa shape index (κ2) is 18.6. The molecule has 246 valence electrons. The summed E-state index contributed by atoms with van der Waals surface area (Å²) in [7, 11) is 0. The lowest BCUT2D eigenvalue weighted by Crippen LogP contribution is -2.65. The molecule has 7 nitrogen and oxygen atoms in total. The third-order valence-corrected chi connectivity index (χ3v) is 10.6. The van der Waals surface area contributed by atoms with Crippen molar-refractivity contribution in [3.63, 3.8) is 0 Å². The smallest absolute Gasteiger partial charge is 0.189 e. The zero-order valence-electron chi connectivity index (χ0n) is 27.1. The Morgan fingerprint density at radius 3 is 1.70 bits per heavy atom. The molecule has 0 aromatic carbocycles. The molecule has 0 saturated heterocycles. The maximum absolute atomic E-state index is 12.6. The van der Waals surface area contributed by atoms with Crippen molar-refractivity contribution in [3.8, 4) is 0 Å². The van der Waals surface area contributed by atoms with Crippen molar-refractivity contribution in [3.05, 3.63) is 24.3 Å². The van der Waals surface area contributed by atoms with E-state index in [0.29, 0.717) is 43.4 Å². The third kappa shape index (κ3) is 12.1. The average Bonchev–Trinajstić information content (AvgIpc) is 2.97. The molecule has 3 aliphatic carbocycles. The van der Waals surface area contributed by atoms with Crippen LogP contribution in [0.3, 0.4) is 0 Å². The molecule has 3 rings (SSSR count). The van der Waals surface area contributed by atoms with Gasteiger partial charge in [-0.05, 0) is 113 Å². The summed E-state index contributed by atoms with van der Waals surface area (Å²) in [4.78, 5) is 25.1. The largest absolute Gasteiger partial charge is 0.393 e. The predicted molar refractivity (Wildman–Crippen MR) is 172 cm³/mol. The molecule has 0 aromatic rings. The minimum Gasteiger partial charge on any atom is -0.393 e. The van der Waals surface area contributed by atoms with Crippen LogP contribution in [0.15, 0.2) is 24.3 Å². The van der Waals surface area contributed by atoms with Crippen LogP contribution in [0, 0.1) is 35.5 Å². The third-order valence-electron chi connectivity index (χ3n) is 10.6. The topological polar surface area (TPSA) is 148 Å². The van der Waals surface area contributed by atoms with Gasteiger partial charge in [0, 0.05) is 19.3 Å². The summed E-state index contributed by atoms with van der Waals surface area (Å²) >= 11 is 0. The molecule has 43 heavy (non-hydrogen) atoms. The van der Waals surface area contributed by atoms with E-state index in [4.69, 9.17) is 5.73 Å². The molecule has 0 aliphatic heterocycles. The molecule has 0 spiro atoms. The Labute approximate surface area is 261 Å². The molecule has 3 aliphatic rings. The van der Waals surface area contributed by atoms with Gasteiger partial charge in [0.05, 0.1) is 24.4 Å². The fraction of sp³-hybridized carbons (Fsp3) is 0.833. The van der Waals surface area contributed by atoms with Crippen LogP contribution in [0.1, 0.15) is 123 Å². The first-order chi connectivity index (χ1) is 20.6.